The Morgan fingerprint density at radius 1 is 1.13 bits per heavy atom. The highest BCUT2D eigenvalue weighted by atomic mass is 16.5. The van der Waals surface area contributed by atoms with Gasteiger partial charge in [-0.3, -0.25) is 14.0 Å². The van der Waals surface area contributed by atoms with E-state index in [1.54, 1.807) is 42.6 Å². The van der Waals surface area contributed by atoms with Gasteiger partial charge in [0.1, 0.15) is 11.8 Å². The highest BCUT2D eigenvalue weighted by molar-refractivity contribution is 5.99. The average Bonchev–Trinajstić information content (AvgIpc) is 3.10. The number of carbonyl (C=O) groups is 2. The molecule has 31 heavy (non-hydrogen) atoms. The van der Waals surface area contributed by atoms with E-state index >= 15 is 0 Å². The summed E-state index contributed by atoms with van der Waals surface area (Å²) in [5.74, 6) is -0.316. The maximum Gasteiger partial charge on any atom is 0.350 e. The van der Waals surface area contributed by atoms with E-state index in [9.17, 15) is 14.4 Å². The van der Waals surface area contributed by atoms with Crippen LogP contribution in [0, 0.1) is 5.92 Å². The molecular formula is C22H27N5O4. The molecule has 0 radical (unpaired) electrons. The minimum atomic E-state index is -0.699. The third kappa shape index (κ3) is 5.11. The number of benzene rings is 1. The number of aromatic nitrogens is 3. The van der Waals surface area contributed by atoms with E-state index < -0.39 is 6.04 Å². The lowest BCUT2D eigenvalue weighted by Gasteiger charge is -2.22. The molecule has 3 aromatic rings. The van der Waals surface area contributed by atoms with Crippen molar-refractivity contribution in [2.45, 2.75) is 32.9 Å². The zero-order valence-electron chi connectivity index (χ0n) is 17.9. The molecule has 0 saturated heterocycles. The summed E-state index contributed by atoms with van der Waals surface area (Å²) in [6, 6.07) is 11.5. The van der Waals surface area contributed by atoms with Crippen LogP contribution in [0.3, 0.4) is 0 Å². The number of nitrogens with one attached hydrogen (secondary N) is 2. The first kappa shape index (κ1) is 22.1. The number of carbonyl (C=O) groups excluding carboxylic acids is 2. The normalized spacial score (nSPS) is 12.0. The second-order valence-electron chi connectivity index (χ2n) is 7.47. The molecule has 0 bridgehead atoms. The molecule has 1 unspecified atom stereocenters. The predicted octanol–water partition coefficient (Wildman–Crippen LogP) is 1.47. The van der Waals surface area contributed by atoms with Gasteiger partial charge in [-0.1, -0.05) is 32.0 Å². The molecule has 1 atom stereocenters. The Labute approximate surface area is 180 Å². The van der Waals surface area contributed by atoms with Gasteiger partial charge in [0.2, 0.25) is 5.91 Å². The van der Waals surface area contributed by atoms with Crippen molar-refractivity contribution in [1.82, 2.24) is 24.8 Å². The molecule has 2 N–H and O–H groups in total. The topological polar surface area (TPSA) is 107 Å². The fraction of sp³-hybridized carbons (Fsp3) is 0.364. The first-order valence-electron chi connectivity index (χ1n) is 10.2. The Hall–Kier alpha value is -3.62. The molecule has 0 aliphatic heterocycles. The monoisotopic (exact) mass is 425 g/mol. The summed E-state index contributed by atoms with van der Waals surface area (Å²) in [5.41, 5.74) is 0.733. The number of hydrogen-bond donors (Lipinski definition) is 2. The number of pyridine rings is 1. The van der Waals surface area contributed by atoms with Crippen LogP contribution in [-0.4, -0.2) is 45.7 Å². The molecule has 0 fully saturated rings. The van der Waals surface area contributed by atoms with Crippen molar-refractivity contribution in [2.24, 2.45) is 5.92 Å². The summed E-state index contributed by atoms with van der Waals surface area (Å²) >= 11 is 0. The van der Waals surface area contributed by atoms with Crippen molar-refractivity contribution in [3.05, 3.63) is 64.7 Å². The first-order valence-corrected chi connectivity index (χ1v) is 10.2. The number of rotatable bonds is 9. The molecule has 1 aromatic carbocycles. The van der Waals surface area contributed by atoms with Crippen LogP contribution >= 0.6 is 0 Å². The molecule has 0 spiro atoms. The number of nitrogens with zero attached hydrogens (tertiary/aromatic N) is 3. The lowest BCUT2D eigenvalue weighted by Crippen LogP contribution is -2.50. The highest BCUT2D eigenvalue weighted by Crippen LogP contribution is 2.17. The van der Waals surface area contributed by atoms with E-state index in [4.69, 9.17) is 4.74 Å². The van der Waals surface area contributed by atoms with Crippen LogP contribution in [0.15, 0.2) is 53.5 Å². The molecule has 2 aromatic heterocycles. The van der Waals surface area contributed by atoms with Gasteiger partial charge in [0.25, 0.3) is 5.91 Å². The maximum atomic E-state index is 12.7. The molecule has 0 aliphatic rings. The summed E-state index contributed by atoms with van der Waals surface area (Å²) in [4.78, 5) is 37.6. The van der Waals surface area contributed by atoms with Gasteiger partial charge in [-0.25, -0.2) is 9.48 Å². The highest BCUT2D eigenvalue weighted by Gasteiger charge is 2.25. The predicted molar refractivity (Wildman–Crippen MR) is 116 cm³/mol. The minimum Gasteiger partial charge on any atom is -0.496 e. The molecule has 0 saturated carbocycles. The molecule has 9 nitrogen and oxygen atoms in total. The van der Waals surface area contributed by atoms with Crippen molar-refractivity contribution < 1.29 is 14.3 Å². The van der Waals surface area contributed by atoms with E-state index in [0.717, 1.165) is 0 Å². The number of aryl methyl sites for hydroxylation is 1. The fourth-order valence-corrected chi connectivity index (χ4v) is 3.25. The van der Waals surface area contributed by atoms with Crippen LogP contribution in [0.1, 0.15) is 30.6 Å². The van der Waals surface area contributed by atoms with Crippen molar-refractivity contribution >= 4 is 17.5 Å². The van der Waals surface area contributed by atoms with Gasteiger partial charge in [0.05, 0.1) is 12.7 Å². The quantitative estimate of drug-likeness (QED) is 0.505. The first-order chi connectivity index (χ1) is 14.9. The minimum absolute atomic E-state index is 0.111. The summed E-state index contributed by atoms with van der Waals surface area (Å²) in [6.07, 6.45) is 2.20. The van der Waals surface area contributed by atoms with Gasteiger partial charge >= 0.3 is 5.69 Å². The van der Waals surface area contributed by atoms with E-state index in [-0.39, 0.29) is 23.4 Å². The second kappa shape index (κ2) is 9.92. The second-order valence-corrected chi connectivity index (χ2v) is 7.47. The van der Waals surface area contributed by atoms with Crippen LogP contribution in [0.2, 0.25) is 0 Å². The SMILES string of the molecule is COc1ccccc1C(=O)NC(C(=O)NCCCn1nc2ccccn2c1=O)C(C)C. The number of hydrogen-bond acceptors (Lipinski definition) is 5. The van der Waals surface area contributed by atoms with Crippen molar-refractivity contribution in [1.29, 1.82) is 0 Å². The van der Waals surface area contributed by atoms with Gasteiger partial charge in [-0.2, -0.15) is 0 Å². The number of ether oxygens (including phenoxy) is 1. The zero-order valence-corrected chi connectivity index (χ0v) is 17.9. The third-order valence-electron chi connectivity index (χ3n) is 4.92. The summed E-state index contributed by atoms with van der Waals surface area (Å²) in [7, 11) is 1.49. The van der Waals surface area contributed by atoms with E-state index in [1.165, 1.54) is 16.2 Å². The lowest BCUT2D eigenvalue weighted by molar-refractivity contribution is -0.123. The summed E-state index contributed by atoms with van der Waals surface area (Å²) in [5, 5.41) is 9.90. The van der Waals surface area contributed by atoms with Crippen molar-refractivity contribution in [3.8, 4) is 5.75 Å². The molecular weight excluding hydrogens is 398 g/mol. The molecule has 164 valence electrons. The molecule has 9 heteroatoms. The van der Waals surface area contributed by atoms with E-state index in [1.807, 2.05) is 19.9 Å². The smallest absolute Gasteiger partial charge is 0.350 e. The Kier molecular flexibility index (Phi) is 7.07. The van der Waals surface area contributed by atoms with Crippen LogP contribution in [0.5, 0.6) is 5.75 Å². The summed E-state index contributed by atoms with van der Waals surface area (Å²) in [6.45, 7) is 4.46. The van der Waals surface area contributed by atoms with Crippen LogP contribution in [0.4, 0.5) is 0 Å². The van der Waals surface area contributed by atoms with Crippen LogP contribution in [0.25, 0.3) is 5.65 Å². The third-order valence-corrected chi connectivity index (χ3v) is 4.92. The Bertz CT molecular complexity index is 1120. The average molecular weight is 425 g/mol. The van der Waals surface area contributed by atoms with Gasteiger partial charge in [-0.15, -0.1) is 5.10 Å². The number of para-hydroxylation sites is 1. The standard InChI is InChI=1S/C22H27N5O4/c1-15(2)19(24-20(28)16-9-4-5-10-17(16)31-3)21(29)23-12-8-14-27-22(30)26-13-7-6-11-18(26)25-27/h4-7,9-11,13,15,19H,8,12,14H2,1-3H3,(H,23,29)(H,24,28). The zero-order chi connectivity index (χ0) is 22.4. The Morgan fingerprint density at radius 2 is 1.87 bits per heavy atom. The molecule has 2 heterocycles. The van der Waals surface area contributed by atoms with Gasteiger partial charge in [0.15, 0.2) is 5.65 Å². The van der Waals surface area contributed by atoms with E-state index in [2.05, 4.69) is 15.7 Å². The van der Waals surface area contributed by atoms with E-state index in [0.29, 0.717) is 36.5 Å². The molecule has 0 aliphatic carbocycles. The number of methoxy groups -OCH3 is 1. The fourth-order valence-electron chi connectivity index (χ4n) is 3.25. The summed E-state index contributed by atoms with van der Waals surface area (Å²) < 4.78 is 8.08. The largest absolute Gasteiger partial charge is 0.496 e. The maximum absolute atomic E-state index is 12.7. The van der Waals surface area contributed by atoms with Crippen molar-refractivity contribution in [3.63, 3.8) is 0 Å². The Balaban J connectivity index is 1.56. The van der Waals surface area contributed by atoms with Gasteiger partial charge < -0.3 is 15.4 Å². The van der Waals surface area contributed by atoms with Crippen LogP contribution in [-0.2, 0) is 11.3 Å². The van der Waals surface area contributed by atoms with Gasteiger partial charge in [0, 0.05) is 19.3 Å². The van der Waals surface area contributed by atoms with Gasteiger partial charge in [-0.05, 0) is 36.6 Å². The molecule has 2 amide bonds. The Morgan fingerprint density at radius 3 is 2.58 bits per heavy atom. The van der Waals surface area contributed by atoms with Crippen molar-refractivity contribution in [2.75, 3.05) is 13.7 Å². The van der Waals surface area contributed by atoms with Crippen LogP contribution < -0.4 is 21.1 Å². The number of fused-ring (bicyclic) bond motifs is 1. The molecule has 3 rings (SSSR count). The number of amides is 2. The lowest BCUT2D eigenvalue weighted by atomic mass is 10.0.